The standard InChI is InChI=1S/C17H19ClN2O2/c18-11-16(21)12-19-14-7-4-8-15(10-14)20-17(22)9-13-5-2-1-3-6-13/h1-8,10,16,19,21H,9,11-12H2,(H,20,22). The van der Waals surface area contributed by atoms with E-state index in [9.17, 15) is 9.90 Å². The summed E-state index contributed by atoms with van der Waals surface area (Å²) >= 11 is 5.55. The van der Waals surface area contributed by atoms with Gasteiger partial charge in [-0.2, -0.15) is 0 Å². The van der Waals surface area contributed by atoms with Crippen molar-refractivity contribution in [3.63, 3.8) is 0 Å². The zero-order valence-electron chi connectivity index (χ0n) is 12.1. The summed E-state index contributed by atoms with van der Waals surface area (Å²) in [5.74, 6) is 0.115. The van der Waals surface area contributed by atoms with Crippen LogP contribution >= 0.6 is 11.6 Å². The molecule has 1 amide bonds. The van der Waals surface area contributed by atoms with Crippen LogP contribution in [-0.2, 0) is 11.2 Å². The molecule has 3 N–H and O–H groups in total. The maximum atomic E-state index is 12.0. The Kier molecular flexibility index (Phi) is 6.25. The van der Waals surface area contributed by atoms with Gasteiger partial charge in [0, 0.05) is 17.9 Å². The normalized spacial score (nSPS) is 11.7. The molecule has 0 aliphatic rings. The third-order valence-corrected chi connectivity index (χ3v) is 3.43. The summed E-state index contributed by atoms with van der Waals surface area (Å²) < 4.78 is 0. The average molecular weight is 319 g/mol. The van der Waals surface area contributed by atoms with Crippen molar-refractivity contribution in [3.05, 3.63) is 60.2 Å². The maximum Gasteiger partial charge on any atom is 0.228 e. The van der Waals surface area contributed by atoms with E-state index in [4.69, 9.17) is 11.6 Å². The molecule has 5 heteroatoms. The lowest BCUT2D eigenvalue weighted by molar-refractivity contribution is -0.115. The molecule has 2 rings (SSSR count). The molecule has 0 fully saturated rings. The van der Waals surface area contributed by atoms with E-state index in [0.717, 1.165) is 11.3 Å². The molecule has 0 heterocycles. The van der Waals surface area contributed by atoms with E-state index in [1.54, 1.807) is 0 Å². The van der Waals surface area contributed by atoms with Gasteiger partial charge >= 0.3 is 0 Å². The smallest absolute Gasteiger partial charge is 0.228 e. The zero-order chi connectivity index (χ0) is 15.8. The van der Waals surface area contributed by atoms with Gasteiger partial charge in [0.1, 0.15) is 0 Å². The van der Waals surface area contributed by atoms with E-state index in [1.165, 1.54) is 0 Å². The van der Waals surface area contributed by atoms with Gasteiger partial charge in [-0.1, -0.05) is 36.4 Å². The van der Waals surface area contributed by atoms with Gasteiger partial charge in [0.05, 0.1) is 18.4 Å². The Morgan fingerprint density at radius 1 is 1.09 bits per heavy atom. The lowest BCUT2D eigenvalue weighted by Crippen LogP contribution is -2.20. The number of hydrogen-bond donors (Lipinski definition) is 3. The number of rotatable bonds is 7. The summed E-state index contributed by atoms with van der Waals surface area (Å²) in [5.41, 5.74) is 2.51. The minimum atomic E-state index is -0.599. The van der Waals surface area contributed by atoms with Crippen molar-refractivity contribution in [2.45, 2.75) is 12.5 Å². The Bertz CT molecular complexity index is 605. The van der Waals surface area contributed by atoms with Gasteiger partial charge in [-0.25, -0.2) is 0 Å². The molecule has 4 nitrogen and oxygen atoms in total. The third kappa shape index (κ3) is 5.39. The number of aliphatic hydroxyl groups is 1. The number of amides is 1. The molecule has 1 unspecified atom stereocenters. The summed E-state index contributed by atoms with van der Waals surface area (Å²) in [7, 11) is 0. The molecule has 2 aromatic rings. The highest BCUT2D eigenvalue weighted by Crippen LogP contribution is 2.15. The average Bonchev–Trinajstić information content (AvgIpc) is 2.53. The third-order valence-electron chi connectivity index (χ3n) is 3.07. The molecule has 0 aliphatic carbocycles. The lowest BCUT2D eigenvalue weighted by Gasteiger charge is -2.11. The number of carbonyl (C=O) groups is 1. The molecule has 1 atom stereocenters. The molecular weight excluding hydrogens is 300 g/mol. The predicted molar refractivity (Wildman–Crippen MR) is 90.4 cm³/mol. The van der Waals surface area contributed by atoms with Crippen LogP contribution in [0.2, 0.25) is 0 Å². The second-order valence-electron chi connectivity index (χ2n) is 4.98. The first-order valence-electron chi connectivity index (χ1n) is 7.09. The number of aliphatic hydroxyl groups excluding tert-OH is 1. The number of benzene rings is 2. The Hall–Kier alpha value is -2.04. The van der Waals surface area contributed by atoms with Crippen LogP contribution in [0.1, 0.15) is 5.56 Å². The van der Waals surface area contributed by atoms with Gasteiger partial charge in [-0.05, 0) is 23.8 Å². The molecule has 0 aliphatic heterocycles. The van der Waals surface area contributed by atoms with Gasteiger partial charge in [0.25, 0.3) is 0 Å². The predicted octanol–water partition coefficient (Wildman–Crippen LogP) is 2.88. The minimum Gasteiger partial charge on any atom is -0.390 e. The van der Waals surface area contributed by atoms with Gasteiger partial charge in [-0.3, -0.25) is 4.79 Å². The van der Waals surface area contributed by atoms with Gasteiger partial charge in [0.15, 0.2) is 0 Å². The van der Waals surface area contributed by atoms with Gasteiger partial charge in [0.2, 0.25) is 5.91 Å². The van der Waals surface area contributed by atoms with Crippen molar-refractivity contribution in [1.82, 2.24) is 0 Å². The van der Waals surface area contributed by atoms with Crippen molar-refractivity contribution >= 4 is 28.9 Å². The van der Waals surface area contributed by atoms with Gasteiger partial charge in [-0.15, -0.1) is 11.6 Å². The zero-order valence-corrected chi connectivity index (χ0v) is 12.9. The first-order valence-corrected chi connectivity index (χ1v) is 7.62. The van der Waals surface area contributed by atoms with Crippen LogP contribution in [-0.4, -0.2) is 29.5 Å². The molecule has 116 valence electrons. The van der Waals surface area contributed by atoms with Crippen LogP contribution < -0.4 is 10.6 Å². The van der Waals surface area contributed by atoms with Crippen molar-refractivity contribution in [2.24, 2.45) is 0 Å². The number of halogens is 1. The van der Waals surface area contributed by atoms with Crippen molar-refractivity contribution < 1.29 is 9.90 Å². The van der Waals surface area contributed by atoms with Gasteiger partial charge < -0.3 is 15.7 Å². The number of hydrogen-bond acceptors (Lipinski definition) is 3. The van der Waals surface area contributed by atoms with Crippen LogP contribution in [0.25, 0.3) is 0 Å². The summed E-state index contributed by atoms with van der Waals surface area (Å²) in [5, 5.41) is 15.4. The maximum absolute atomic E-state index is 12.0. The SMILES string of the molecule is O=C(Cc1ccccc1)Nc1cccc(NCC(O)CCl)c1. The first-order chi connectivity index (χ1) is 10.7. The highest BCUT2D eigenvalue weighted by molar-refractivity contribution is 6.18. The Balaban J connectivity index is 1.91. The number of alkyl halides is 1. The first kappa shape index (κ1) is 16.3. The van der Waals surface area contributed by atoms with Crippen LogP contribution in [0.5, 0.6) is 0 Å². The van der Waals surface area contributed by atoms with Crippen LogP contribution in [0.3, 0.4) is 0 Å². The molecule has 2 aromatic carbocycles. The quantitative estimate of drug-likeness (QED) is 0.688. The van der Waals surface area contributed by atoms with E-state index in [2.05, 4.69) is 10.6 Å². The fourth-order valence-electron chi connectivity index (χ4n) is 1.98. The second-order valence-corrected chi connectivity index (χ2v) is 5.29. The number of carbonyl (C=O) groups excluding carboxylic acids is 1. The molecule has 0 bridgehead atoms. The second kappa shape index (κ2) is 8.41. The molecule has 0 aromatic heterocycles. The Morgan fingerprint density at radius 2 is 1.82 bits per heavy atom. The molecule has 0 saturated heterocycles. The molecule has 0 radical (unpaired) electrons. The number of nitrogens with one attached hydrogen (secondary N) is 2. The Labute approximate surface area is 135 Å². The van der Waals surface area contributed by atoms with Crippen LogP contribution in [0, 0.1) is 0 Å². The molecule has 0 saturated carbocycles. The highest BCUT2D eigenvalue weighted by Gasteiger charge is 2.05. The largest absolute Gasteiger partial charge is 0.390 e. The van der Waals surface area contributed by atoms with Crippen LogP contribution in [0.4, 0.5) is 11.4 Å². The fourth-order valence-corrected chi connectivity index (χ4v) is 2.09. The summed E-state index contributed by atoms with van der Waals surface area (Å²) in [6, 6.07) is 16.9. The summed E-state index contributed by atoms with van der Waals surface area (Å²) in [6.07, 6.45) is -0.262. The van der Waals surface area contributed by atoms with Crippen LogP contribution in [0.15, 0.2) is 54.6 Å². The fraction of sp³-hybridized carbons (Fsp3) is 0.235. The summed E-state index contributed by atoms with van der Waals surface area (Å²) in [4.78, 5) is 12.0. The summed E-state index contributed by atoms with van der Waals surface area (Å²) in [6.45, 7) is 0.366. The number of anilines is 2. The minimum absolute atomic E-state index is 0.0656. The van der Waals surface area contributed by atoms with Crippen molar-refractivity contribution in [3.8, 4) is 0 Å². The molecular formula is C17H19ClN2O2. The topological polar surface area (TPSA) is 61.4 Å². The van der Waals surface area contributed by atoms with E-state index >= 15 is 0 Å². The lowest BCUT2D eigenvalue weighted by atomic mass is 10.1. The van der Waals surface area contributed by atoms with Crippen molar-refractivity contribution in [1.29, 1.82) is 0 Å². The Morgan fingerprint density at radius 3 is 2.55 bits per heavy atom. The van der Waals surface area contributed by atoms with E-state index in [0.29, 0.717) is 18.7 Å². The van der Waals surface area contributed by atoms with Crippen molar-refractivity contribution in [2.75, 3.05) is 23.1 Å². The van der Waals surface area contributed by atoms with E-state index in [1.807, 2.05) is 54.6 Å². The van der Waals surface area contributed by atoms with E-state index < -0.39 is 6.10 Å². The monoisotopic (exact) mass is 318 g/mol. The van der Waals surface area contributed by atoms with E-state index in [-0.39, 0.29) is 11.8 Å². The molecule has 0 spiro atoms. The highest BCUT2D eigenvalue weighted by atomic mass is 35.5. The molecule has 22 heavy (non-hydrogen) atoms.